The van der Waals surface area contributed by atoms with Gasteiger partial charge < -0.3 is 18.6 Å². The van der Waals surface area contributed by atoms with Crippen LogP contribution >= 0.6 is 0 Å². The van der Waals surface area contributed by atoms with Crippen molar-refractivity contribution in [1.82, 2.24) is 0 Å². The Kier molecular flexibility index (Phi) is 7.01. The Labute approximate surface area is 242 Å². The van der Waals surface area contributed by atoms with E-state index in [-0.39, 0.29) is 14.2 Å². The normalized spacial score (nSPS) is 17.6. The molecule has 0 aromatic heterocycles. The number of rotatable bonds is 6. The standard InChI is InChI=1S/C35H32B2O4/c1-3-25-7-11-27(12-8-25)35(28-13-9-26(4-2)10-14-28)33-23-29(36-38-19-5-20-39-36)15-17-31(33)32-18-16-30(24-34(32)35)37-40-21-6-22-41-37/h3-4,7-18,23-24H,1-2,5-6,19-22H2. The van der Waals surface area contributed by atoms with Gasteiger partial charge in [-0.25, -0.2) is 0 Å². The van der Waals surface area contributed by atoms with E-state index in [1.165, 1.54) is 33.4 Å². The topological polar surface area (TPSA) is 36.9 Å². The molecule has 0 saturated carbocycles. The van der Waals surface area contributed by atoms with Crippen molar-refractivity contribution in [3.05, 3.63) is 131 Å². The van der Waals surface area contributed by atoms with Gasteiger partial charge >= 0.3 is 14.2 Å². The van der Waals surface area contributed by atoms with Gasteiger partial charge in [-0.1, -0.05) is 110 Å². The van der Waals surface area contributed by atoms with Crippen LogP contribution in [-0.4, -0.2) is 40.7 Å². The van der Waals surface area contributed by atoms with Gasteiger partial charge in [0.05, 0.1) is 5.41 Å². The summed E-state index contributed by atoms with van der Waals surface area (Å²) in [7, 11) is -0.748. The van der Waals surface area contributed by atoms with E-state index in [4.69, 9.17) is 18.6 Å². The first-order valence-electron chi connectivity index (χ1n) is 14.4. The number of hydrogen-bond donors (Lipinski definition) is 0. The molecule has 0 unspecified atom stereocenters. The summed E-state index contributed by atoms with van der Waals surface area (Å²) in [4.78, 5) is 0. The molecule has 202 valence electrons. The third-order valence-electron chi connectivity index (χ3n) is 8.54. The predicted octanol–water partition coefficient (Wildman–Crippen LogP) is 5.60. The number of hydrogen-bond acceptors (Lipinski definition) is 4. The first-order valence-corrected chi connectivity index (χ1v) is 14.4. The molecular formula is C35H32B2O4. The zero-order chi connectivity index (χ0) is 27.8. The van der Waals surface area contributed by atoms with Crippen molar-refractivity contribution in [1.29, 1.82) is 0 Å². The molecule has 3 aliphatic rings. The van der Waals surface area contributed by atoms with Crippen molar-refractivity contribution in [2.75, 3.05) is 26.4 Å². The van der Waals surface area contributed by atoms with Gasteiger partial charge in [-0.15, -0.1) is 0 Å². The summed E-state index contributed by atoms with van der Waals surface area (Å²) in [5.41, 5.74) is 10.8. The molecule has 2 saturated heterocycles. The van der Waals surface area contributed by atoms with E-state index in [9.17, 15) is 0 Å². The summed E-state index contributed by atoms with van der Waals surface area (Å²) >= 11 is 0. The lowest BCUT2D eigenvalue weighted by Crippen LogP contribution is -2.42. The fourth-order valence-corrected chi connectivity index (χ4v) is 6.54. The van der Waals surface area contributed by atoms with Crippen LogP contribution in [0.1, 0.15) is 46.2 Å². The molecule has 0 radical (unpaired) electrons. The van der Waals surface area contributed by atoms with Gasteiger partial charge in [0.15, 0.2) is 0 Å². The third-order valence-corrected chi connectivity index (χ3v) is 8.54. The summed E-state index contributed by atoms with van der Waals surface area (Å²) in [6.45, 7) is 10.8. The van der Waals surface area contributed by atoms with Crippen LogP contribution in [0, 0.1) is 0 Å². The molecule has 0 atom stereocenters. The molecule has 4 nitrogen and oxygen atoms in total. The fourth-order valence-electron chi connectivity index (χ4n) is 6.54. The quantitative estimate of drug-likeness (QED) is 0.264. The summed E-state index contributed by atoms with van der Waals surface area (Å²) in [6, 6.07) is 30.9. The molecule has 1 aliphatic carbocycles. The minimum absolute atomic E-state index is 0.374. The molecule has 0 spiro atoms. The van der Waals surface area contributed by atoms with Crippen molar-refractivity contribution < 1.29 is 18.6 Å². The smallest absolute Gasteiger partial charge is 0.407 e. The van der Waals surface area contributed by atoms with Crippen LogP contribution in [0.15, 0.2) is 98.1 Å². The lowest BCUT2D eigenvalue weighted by Gasteiger charge is -2.35. The van der Waals surface area contributed by atoms with Crippen LogP contribution in [0.3, 0.4) is 0 Å². The lowest BCUT2D eigenvalue weighted by atomic mass is 9.64. The second kappa shape index (κ2) is 11.0. The highest BCUT2D eigenvalue weighted by Crippen LogP contribution is 2.55. The lowest BCUT2D eigenvalue weighted by molar-refractivity contribution is 0.143. The molecule has 41 heavy (non-hydrogen) atoms. The summed E-state index contributed by atoms with van der Waals surface area (Å²) < 4.78 is 24.2. The van der Waals surface area contributed by atoms with Crippen molar-refractivity contribution in [3.8, 4) is 11.1 Å². The Hall–Kier alpha value is -3.67. The van der Waals surface area contributed by atoms with E-state index in [1.54, 1.807) is 0 Å². The molecular weight excluding hydrogens is 506 g/mol. The number of benzene rings is 4. The minimum Gasteiger partial charge on any atom is -0.407 e. The number of fused-ring (bicyclic) bond motifs is 3. The summed E-state index contributed by atoms with van der Waals surface area (Å²) in [5.74, 6) is 0. The first kappa shape index (κ1) is 26.2. The van der Waals surface area contributed by atoms with E-state index in [2.05, 4.69) is 98.1 Å². The second-order valence-electron chi connectivity index (χ2n) is 10.9. The van der Waals surface area contributed by atoms with E-state index < -0.39 is 5.41 Å². The van der Waals surface area contributed by atoms with Crippen LogP contribution in [0.4, 0.5) is 0 Å². The van der Waals surface area contributed by atoms with Crippen LogP contribution in [0.5, 0.6) is 0 Å². The van der Waals surface area contributed by atoms with E-state index in [0.29, 0.717) is 26.4 Å². The Bertz CT molecular complexity index is 1460. The van der Waals surface area contributed by atoms with Gasteiger partial charge in [-0.05, 0) is 68.3 Å². The fraction of sp³-hybridized carbons (Fsp3) is 0.200. The van der Waals surface area contributed by atoms with Crippen LogP contribution < -0.4 is 10.9 Å². The average Bonchev–Trinajstić information content (AvgIpc) is 3.35. The van der Waals surface area contributed by atoms with Crippen molar-refractivity contribution in [3.63, 3.8) is 0 Å². The van der Waals surface area contributed by atoms with Crippen molar-refractivity contribution in [2.24, 2.45) is 0 Å². The van der Waals surface area contributed by atoms with Crippen molar-refractivity contribution in [2.45, 2.75) is 18.3 Å². The highest BCUT2D eigenvalue weighted by atomic mass is 16.6. The van der Waals surface area contributed by atoms with Gasteiger partial charge in [0, 0.05) is 26.4 Å². The Balaban J connectivity index is 1.52. The van der Waals surface area contributed by atoms with Gasteiger partial charge in [0.2, 0.25) is 0 Å². The van der Waals surface area contributed by atoms with Gasteiger partial charge in [-0.3, -0.25) is 0 Å². The molecule has 4 aromatic carbocycles. The van der Waals surface area contributed by atoms with E-state index >= 15 is 0 Å². The summed E-state index contributed by atoms with van der Waals surface area (Å²) in [6.07, 6.45) is 5.60. The van der Waals surface area contributed by atoms with Gasteiger partial charge in [-0.2, -0.15) is 0 Å². The summed E-state index contributed by atoms with van der Waals surface area (Å²) in [5, 5.41) is 0. The molecule has 2 aliphatic heterocycles. The van der Waals surface area contributed by atoms with Crippen LogP contribution in [-0.2, 0) is 24.0 Å². The monoisotopic (exact) mass is 538 g/mol. The zero-order valence-electron chi connectivity index (χ0n) is 23.2. The van der Waals surface area contributed by atoms with Crippen LogP contribution in [0.25, 0.3) is 23.3 Å². The minimum atomic E-state index is -0.584. The molecule has 6 heteroatoms. The molecule has 2 fully saturated rings. The average molecular weight is 538 g/mol. The Morgan fingerprint density at radius 1 is 0.537 bits per heavy atom. The highest BCUT2D eigenvalue weighted by Gasteiger charge is 2.47. The molecule has 0 bridgehead atoms. The van der Waals surface area contributed by atoms with Gasteiger partial charge in [0.25, 0.3) is 0 Å². The molecule has 0 amide bonds. The van der Waals surface area contributed by atoms with Crippen LogP contribution in [0.2, 0.25) is 0 Å². The Morgan fingerprint density at radius 3 is 1.29 bits per heavy atom. The van der Waals surface area contributed by atoms with Gasteiger partial charge in [0.1, 0.15) is 0 Å². The van der Waals surface area contributed by atoms with E-state index in [0.717, 1.165) is 34.9 Å². The molecule has 4 aromatic rings. The first-order chi connectivity index (χ1) is 20.2. The maximum absolute atomic E-state index is 6.06. The zero-order valence-corrected chi connectivity index (χ0v) is 23.2. The highest BCUT2D eigenvalue weighted by molar-refractivity contribution is 6.62. The van der Waals surface area contributed by atoms with Crippen molar-refractivity contribution >= 4 is 37.3 Å². The SMILES string of the molecule is C=Cc1ccc(C2(c3ccc(C=C)cc3)c3cc(B4OCCCO4)ccc3-c3ccc(B4OCCCO4)cc32)cc1. The second-order valence-corrected chi connectivity index (χ2v) is 10.9. The predicted molar refractivity (Wildman–Crippen MR) is 168 cm³/mol. The maximum atomic E-state index is 6.06. The largest absolute Gasteiger partial charge is 0.493 e. The molecule has 7 rings (SSSR count). The maximum Gasteiger partial charge on any atom is 0.493 e. The molecule has 0 N–H and O–H groups in total. The Morgan fingerprint density at radius 2 is 0.927 bits per heavy atom. The van der Waals surface area contributed by atoms with E-state index in [1.807, 2.05) is 12.2 Å². The molecule has 2 heterocycles. The third kappa shape index (κ3) is 4.43.